The highest BCUT2D eigenvalue weighted by Crippen LogP contribution is 2.22. The zero-order valence-electron chi connectivity index (χ0n) is 19.5. The first-order chi connectivity index (χ1) is 17.7. The number of amides is 2. The molecule has 0 aromatic heterocycles. The molecule has 0 spiro atoms. The first-order valence-corrected chi connectivity index (χ1v) is 11.3. The number of nitro benzene ring substituents is 1. The Morgan fingerprint density at radius 1 is 1.05 bits per heavy atom. The topological polar surface area (TPSA) is 140 Å². The normalized spacial score (nSPS) is 10.9. The van der Waals surface area contributed by atoms with Crippen LogP contribution in [0, 0.1) is 10.1 Å². The molecule has 37 heavy (non-hydrogen) atoms. The van der Waals surface area contributed by atoms with E-state index >= 15 is 0 Å². The number of anilines is 1. The number of esters is 1. The molecule has 0 radical (unpaired) electrons. The molecule has 2 N–H and O–H groups in total. The van der Waals surface area contributed by atoms with Gasteiger partial charge in [0.1, 0.15) is 5.75 Å². The molecule has 0 saturated carbocycles. The van der Waals surface area contributed by atoms with Crippen LogP contribution < -0.4 is 15.5 Å². The van der Waals surface area contributed by atoms with Gasteiger partial charge in [-0.25, -0.2) is 10.2 Å². The molecule has 188 valence electrons. The van der Waals surface area contributed by atoms with E-state index in [1.165, 1.54) is 60.8 Å². The first-order valence-electron chi connectivity index (χ1n) is 10.9. The van der Waals surface area contributed by atoms with E-state index in [4.69, 9.17) is 16.3 Å². The van der Waals surface area contributed by atoms with E-state index in [1.807, 2.05) is 0 Å². The molecule has 10 nitrogen and oxygen atoms in total. The van der Waals surface area contributed by atoms with Crippen molar-refractivity contribution in [1.82, 2.24) is 5.43 Å². The van der Waals surface area contributed by atoms with Crippen LogP contribution in [-0.4, -0.2) is 28.9 Å². The lowest BCUT2D eigenvalue weighted by molar-refractivity contribution is -0.384. The molecule has 0 aliphatic rings. The fraction of sp³-hybridized carbons (Fsp3) is 0.0769. The number of nitro groups is 1. The lowest BCUT2D eigenvalue weighted by Gasteiger charge is -2.07. The van der Waals surface area contributed by atoms with Gasteiger partial charge >= 0.3 is 5.97 Å². The molecule has 0 bridgehead atoms. The van der Waals surface area contributed by atoms with E-state index in [1.54, 1.807) is 31.2 Å². The predicted molar refractivity (Wildman–Crippen MR) is 140 cm³/mol. The van der Waals surface area contributed by atoms with E-state index in [0.717, 1.165) is 0 Å². The summed E-state index contributed by atoms with van der Waals surface area (Å²) in [6.45, 7) is 1.74. The Balaban J connectivity index is 1.63. The molecule has 3 aromatic carbocycles. The van der Waals surface area contributed by atoms with Crippen molar-refractivity contribution in [2.24, 2.45) is 5.10 Å². The second kappa shape index (κ2) is 12.8. The number of hydrazone groups is 1. The highest BCUT2D eigenvalue weighted by Gasteiger charge is 2.09. The molecule has 2 amide bonds. The van der Waals surface area contributed by atoms with Gasteiger partial charge in [-0.3, -0.25) is 19.7 Å². The van der Waals surface area contributed by atoms with Crippen LogP contribution in [-0.2, 0) is 9.59 Å². The van der Waals surface area contributed by atoms with Crippen LogP contribution in [0.25, 0.3) is 6.08 Å². The molecule has 0 atom stereocenters. The van der Waals surface area contributed by atoms with Crippen molar-refractivity contribution in [3.63, 3.8) is 0 Å². The maximum atomic E-state index is 12.4. The lowest BCUT2D eigenvalue weighted by Crippen LogP contribution is -2.18. The predicted octanol–water partition coefficient (Wildman–Crippen LogP) is 4.98. The number of rotatable bonds is 9. The average molecular weight is 521 g/mol. The van der Waals surface area contributed by atoms with Crippen LogP contribution in [0.5, 0.6) is 5.75 Å². The maximum absolute atomic E-state index is 12.4. The summed E-state index contributed by atoms with van der Waals surface area (Å²) < 4.78 is 5.35. The Hall–Kier alpha value is -4.83. The third-order valence-electron chi connectivity index (χ3n) is 4.82. The second-order valence-corrected chi connectivity index (χ2v) is 7.90. The Labute approximate surface area is 216 Å². The van der Waals surface area contributed by atoms with Gasteiger partial charge < -0.3 is 10.1 Å². The molecular weight excluding hydrogens is 500 g/mol. The van der Waals surface area contributed by atoms with Gasteiger partial charge in [-0.2, -0.15) is 5.10 Å². The van der Waals surface area contributed by atoms with Crippen LogP contribution in [0.1, 0.15) is 34.8 Å². The van der Waals surface area contributed by atoms with Crippen molar-refractivity contribution in [2.75, 3.05) is 5.32 Å². The Bertz CT molecular complexity index is 1370. The van der Waals surface area contributed by atoms with E-state index < -0.39 is 16.8 Å². The van der Waals surface area contributed by atoms with Crippen LogP contribution in [0.4, 0.5) is 11.4 Å². The molecular formula is C26H21ClN4O6. The molecule has 0 saturated heterocycles. The molecule has 0 aliphatic carbocycles. The van der Waals surface area contributed by atoms with E-state index in [0.29, 0.717) is 33.8 Å². The summed E-state index contributed by atoms with van der Waals surface area (Å²) in [5.74, 6) is -1.18. The van der Waals surface area contributed by atoms with Gasteiger partial charge in [0.15, 0.2) is 0 Å². The Morgan fingerprint density at radius 3 is 2.41 bits per heavy atom. The molecule has 3 aromatic rings. The van der Waals surface area contributed by atoms with Crippen molar-refractivity contribution < 1.29 is 24.0 Å². The summed E-state index contributed by atoms with van der Waals surface area (Å²) in [5.41, 5.74) is 4.11. The minimum absolute atomic E-state index is 0.0607. The first kappa shape index (κ1) is 26.8. The van der Waals surface area contributed by atoms with Crippen molar-refractivity contribution in [1.29, 1.82) is 0 Å². The third-order valence-corrected chi connectivity index (χ3v) is 5.05. The molecule has 0 unspecified atom stereocenters. The Kier molecular flexibility index (Phi) is 9.23. The number of halogens is 1. The van der Waals surface area contributed by atoms with Crippen molar-refractivity contribution in [2.45, 2.75) is 13.3 Å². The quantitative estimate of drug-likeness (QED) is 0.102. The summed E-state index contributed by atoms with van der Waals surface area (Å²) in [5, 5.41) is 17.7. The van der Waals surface area contributed by atoms with E-state index in [-0.39, 0.29) is 17.3 Å². The largest absolute Gasteiger partial charge is 0.423 e. The summed E-state index contributed by atoms with van der Waals surface area (Å²) in [6.07, 6.45) is 4.25. The van der Waals surface area contributed by atoms with Crippen LogP contribution in [0.3, 0.4) is 0 Å². The fourth-order valence-electron chi connectivity index (χ4n) is 2.91. The number of nitrogens with one attached hydrogen (secondary N) is 2. The van der Waals surface area contributed by atoms with Crippen molar-refractivity contribution >= 4 is 53.0 Å². The zero-order chi connectivity index (χ0) is 26.8. The van der Waals surface area contributed by atoms with Gasteiger partial charge in [0.25, 0.3) is 11.6 Å². The average Bonchev–Trinajstić information content (AvgIpc) is 2.89. The fourth-order valence-corrected chi connectivity index (χ4v) is 3.09. The number of non-ortho nitro benzene ring substituents is 1. The van der Waals surface area contributed by atoms with Gasteiger partial charge in [-0.05, 0) is 66.2 Å². The number of hydrogen-bond acceptors (Lipinski definition) is 7. The highest BCUT2D eigenvalue weighted by atomic mass is 35.5. The summed E-state index contributed by atoms with van der Waals surface area (Å²) in [4.78, 5) is 46.3. The second-order valence-electron chi connectivity index (χ2n) is 7.46. The standard InChI is InChI=1S/C26H21ClN4O6/c1-2-24(32)29-21-9-6-18(7-10-21)26(34)30-28-16-19-15-20(27)8-13-23(19)37-25(33)14-5-17-3-11-22(12-4-17)31(35)36/h3-16H,2H2,1H3,(H,29,32)(H,30,34)/b14-5+,28-16+. The van der Waals surface area contributed by atoms with Crippen molar-refractivity contribution in [3.8, 4) is 5.75 Å². The number of carbonyl (C=O) groups is 3. The number of benzene rings is 3. The van der Waals surface area contributed by atoms with E-state index in [2.05, 4.69) is 15.8 Å². The van der Waals surface area contributed by atoms with Crippen LogP contribution in [0.2, 0.25) is 5.02 Å². The number of hydrogen-bond donors (Lipinski definition) is 2. The zero-order valence-corrected chi connectivity index (χ0v) is 20.3. The SMILES string of the molecule is CCC(=O)Nc1ccc(C(=O)N/N=C/c2cc(Cl)ccc2OC(=O)/C=C/c2ccc([N+](=O)[O-])cc2)cc1. The van der Waals surface area contributed by atoms with Gasteiger partial charge in [-0.15, -0.1) is 0 Å². The van der Waals surface area contributed by atoms with Gasteiger partial charge in [-0.1, -0.05) is 18.5 Å². The van der Waals surface area contributed by atoms with Crippen LogP contribution >= 0.6 is 11.6 Å². The molecule has 0 aliphatic heterocycles. The lowest BCUT2D eigenvalue weighted by atomic mass is 10.2. The molecule has 3 rings (SSSR count). The van der Waals surface area contributed by atoms with E-state index in [9.17, 15) is 24.5 Å². The van der Waals surface area contributed by atoms with Gasteiger partial charge in [0, 0.05) is 46.5 Å². The Morgan fingerprint density at radius 2 is 1.76 bits per heavy atom. The maximum Gasteiger partial charge on any atom is 0.336 e. The highest BCUT2D eigenvalue weighted by molar-refractivity contribution is 6.31. The summed E-state index contributed by atoms with van der Waals surface area (Å²) >= 11 is 6.05. The minimum atomic E-state index is -0.699. The smallest absolute Gasteiger partial charge is 0.336 e. The van der Waals surface area contributed by atoms with Crippen molar-refractivity contribution in [3.05, 3.63) is 105 Å². The summed E-state index contributed by atoms with van der Waals surface area (Å²) in [7, 11) is 0. The van der Waals surface area contributed by atoms with Gasteiger partial charge in [0.05, 0.1) is 11.1 Å². The van der Waals surface area contributed by atoms with Crippen LogP contribution in [0.15, 0.2) is 77.9 Å². The molecule has 11 heteroatoms. The molecule has 0 fully saturated rings. The minimum Gasteiger partial charge on any atom is -0.423 e. The number of nitrogens with zero attached hydrogens (tertiary/aromatic N) is 2. The monoisotopic (exact) mass is 520 g/mol. The molecule has 0 heterocycles. The third kappa shape index (κ3) is 8.11. The number of carbonyl (C=O) groups excluding carboxylic acids is 3. The van der Waals surface area contributed by atoms with Gasteiger partial charge in [0.2, 0.25) is 5.91 Å². The number of ether oxygens (including phenoxy) is 1. The summed E-state index contributed by atoms with van der Waals surface area (Å²) in [6, 6.07) is 16.4.